The summed E-state index contributed by atoms with van der Waals surface area (Å²) in [5.41, 5.74) is 10.8. The van der Waals surface area contributed by atoms with E-state index in [1.807, 2.05) is 20.0 Å². The van der Waals surface area contributed by atoms with Gasteiger partial charge in [-0.3, -0.25) is 34.2 Å². The second kappa shape index (κ2) is 23.6. The lowest BCUT2D eigenvalue weighted by atomic mass is 9.72. The number of fused-ring (bicyclic) bond motifs is 4. The van der Waals surface area contributed by atoms with Crippen LogP contribution in [0.4, 0.5) is 0 Å². The molecular weight excluding hydrogens is 1030 g/mol. The van der Waals surface area contributed by atoms with Crippen LogP contribution in [0.15, 0.2) is 35.8 Å². The van der Waals surface area contributed by atoms with Gasteiger partial charge in [0.1, 0.15) is 19.3 Å². The monoisotopic (exact) mass is 1110 g/mol. The molecule has 2 aliphatic carbocycles. The number of pyridine rings is 1. The zero-order valence-electron chi connectivity index (χ0n) is 47.5. The molecule has 13 rings (SSSR count). The number of nitrogens with zero attached hydrogens (tertiary/aromatic N) is 7. The quantitative estimate of drug-likeness (QED) is 0.108. The molecule has 8 fully saturated rings. The van der Waals surface area contributed by atoms with Crippen molar-refractivity contribution in [3.8, 4) is 34.4 Å². The fourth-order valence-electron chi connectivity index (χ4n) is 13.0. The molecule has 0 unspecified atom stereocenters. The summed E-state index contributed by atoms with van der Waals surface area (Å²) in [6.07, 6.45) is 7.41. The largest absolute Gasteiger partial charge is 0.465 e. The molecule has 2 N–H and O–H groups in total. The molecule has 10 heterocycles. The van der Waals surface area contributed by atoms with Crippen molar-refractivity contribution in [1.82, 2.24) is 40.1 Å². The van der Waals surface area contributed by atoms with Crippen LogP contribution in [0.5, 0.6) is 0 Å². The van der Waals surface area contributed by atoms with E-state index in [0.29, 0.717) is 76.4 Å². The fourth-order valence-corrected chi connectivity index (χ4v) is 13.9. The van der Waals surface area contributed by atoms with Crippen LogP contribution in [0, 0.1) is 29.1 Å². The van der Waals surface area contributed by atoms with Gasteiger partial charge in [-0.15, -0.1) is 11.3 Å². The van der Waals surface area contributed by atoms with E-state index < -0.39 is 17.6 Å². The Hall–Kier alpha value is -5.14. The van der Waals surface area contributed by atoms with Crippen molar-refractivity contribution in [3.63, 3.8) is 0 Å². The SMILES string of the molecule is CO[C@@H](C)c1ncc(C#C[C@H](C)N2CCN(C3CC3)CC2)cc1-c1c2c3cc(ccc3n1CCOC1CCOCC1)-c1csc(n1)C(=[N+]1CCOCC1)[C@H](NC(=O)[C@H]1OC[C@@H]1C)C(=O)N1N[C@H](CC(=O)OCC(C)(C)C2)C2CC1C2. The summed E-state index contributed by atoms with van der Waals surface area (Å²) < 4.78 is 41.0. The Labute approximate surface area is 474 Å². The second-order valence-electron chi connectivity index (χ2n) is 24.4. The minimum atomic E-state index is -1.10. The number of piperazine rings is 1. The van der Waals surface area contributed by atoms with E-state index in [2.05, 4.69) is 91.9 Å². The predicted molar refractivity (Wildman–Crippen MR) is 303 cm³/mol. The standard InChI is InChI=1S/C61H79N9O9S/c1-37-34-78-57(37)58(72)64-54-56(68-19-24-76-25-20-68)59-63-50(35-80-59)41-9-12-51-46(30-41)48(32-61(4,5)36-79-52(71)31-49-42-28-44(29-42)70(65-49)60(54)73)55(69(51)21-26-77-45-13-22-75-23-14-45)47-27-40(33-62-53(47)39(3)74-6)8-7-38(2)66-15-17-67(18-16-66)43-10-11-43/h9,12,27,30,33,35,37-39,42-45,49,54,57,65H,10-11,13-26,28-29,31-32,34,36H2,1-6H3/p+1/t37-,38-,39-,42?,44?,49+,54-,57-/m0/s1. The Morgan fingerprint density at radius 1 is 1.01 bits per heavy atom. The Morgan fingerprint density at radius 2 is 1.79 bits per heavy atom. The third kappa shape index (κ3) is 11.6. The predicted octanol–water partition coefficient (Wildman–Crippen LogP) is 5.61. The minimum absolute atomic E-state index is 0.00258. The number of hydrogen-bond acceptors (Lipinski definition) is 15. The van der Waals surface area contributed by atoms with Gasteiger partial charge in [-0.05, 0) is 88.5 Å². The highest BCUT2D eigenvalue weighted by Gasteiger charge is 2.52. The normalized spacial score (nSPS) is 27.7. The van der Waals surface area contributed by atoms with Gasteiger partial charge in [0.15, 0.2) is 24.1 Å². The smallest absolute Gasteiger partial charge is 0.307 e. The number of amides is 2. The van der Waals surface area contributed by atoms with Gasteiger partial charge in [-0.2, -0.15) is 0 Å². The molecule has 9 aliphatic rings. The van der Waals surface area contributed by atoms with E-state index in [-0.39, 0.29) is 73.0 Å². The molecule has 19 heteroatoms. The van der Waals surface area contributed by atoms with E-state index in [1.165, 1.54) is 24.2 Å². The topological polar surface area (TPSA) is 174 Å². The molecule has 0 radical (unpaired) electrons. The van der Waals surface area contributed by atoms with Gasteiger partial charge in [0.05, 0.1) is 61.6 Å². The summed E-state index contributed by atoms with van der Waals surface area (Å²) in [7, 11) is 1.72. The summed E-state index contributed by atoms with van der Waals surface area (Å²) in [6, 6.07) is 8.07. The molecule has 80 heavy (non-hydrogen) atoms. The molecule has 428 valence electrons. The van der Waals surface area contributed by atoms with E-state index in [9.17, 15) is 9.59 Å². The maximum Gasteiger partial charge on any atom is 0.307 e. The number of esters is 1. The molecule has 7 aliphatic heterocycles. The van der Waals surface area contributed by atoms with E-state index >= 15 is 4.79 Å². The first-order valence-electron chi connectivity index (χ1n) is 29.5. The van der Waals surface area contributed by atoms with Crippen molar-refractivity contribution in [2.75, 3.05) is 92.6 Å². The molecule has 1 aromatic carbocycles. The molecule has 0 spiro atoms. The number of ether oxygens (including phenoxy) is 6. The summed E-state index contributed by atoms with van der Waals surface area (Å²) >= 11 is 1.46. The van der Waals surface area contributed by atoms with Crippen molar-refractivity contribution in [3.05, 3.63) is 57.7 Å². The van der Waals surface area contributed by atoms with Gasteiger partial charge < -0.3 is 38.3 Å². The van der Waals surface area contributed by atoms with E-state index in [4.69, 9.17) is 38.4 Å². The molecule has 6 atom stereocenters. The number of nitrogens with one attached hydrogen (secondary N) is 2. The molecule has 4 aromatic rings. The van der Waals surface area contributed by atoms with Gasteiger partial charge in [-0.25, -0.2) is 15.0 Å². The van der Waals surface area contributed by atoms with Crippen molar-refractivity contribution < 1.29 is 47.4 Å². The van der Waals surface area contributed by atoms with Crippen LogP contribution >= 0.6 is 11.3 Å². The number of hydrogen-bond donors (Lipinski definition) is 2. The molecular formula is C61H80N9O9S+. The molecule has 3 aromatic heterocycles. The average Bonchev–Trinajstić information content (AvgIpc) is 4.15. The zero-order chi connectivity index (χ0) is 55.2. The Kier molecular flexibility index (Phi) is 16.4. The summed E-state index contributed by atoms with van der Waals surface area (Å²) in [5.74, 6) is 6.42. The maximum atomic E-state index is 15.4. The van der Waals surface area contributed by atoms with Gasteiger partial charge in [-0.1, -0.05) is 38.7 Å². The summed E-state index contributed by atoms with van der Waals surface area (Å²) in [5, 5.41) is 8.59. The van der Waals surface area contributed by atoms with Crippen LogP contribution in [-0.2, 0) is 55.8 Å². The van der Waals surface area contributed by atoms with Gasteiger partial charge >= 0.3 is 5.97 Å². The summed E-state index contributed by atoms with van der Waals surface area (Å²) in [4.78, 5) is 59.5. The number of morpholine rings is 1. The zero-order valence-corrected chi connectivity index (χ0v) is 48.3. The Balaban J connectivity index is 0.996. The van der Waals surface area contributed by atoms with Crippen molar-refractivity contribution >= 4 is 45.7 Å². The molecule has 18 nitrogen and oxygen atoms in total. The highest BCUT2D eigenvalue weighted by atomic mass is 32.1. The number of methoxy groups -OCH3 is 1. The van der Waals surface area contributed by atoms with Crippen LogP contribution in [-0.4, -0.2) is 192 Å². The van der Waals surface area contributed by atoms with Gasteiger partial charge in [0.2, 0.25) is 5.71 Å². The second-order valence-corrected chi connectivity index (χ2v) is 25.3. The fraction of sp³-hybridized carbons (Fsp3) is 0.639. The maximum absolute atomic E-state index is 15.4. The van der Waals surface area contributed by atoms with Crippen LogP contribution in [0.25, 0.3) is 33.4 Å². The molecule has 2 saturated carbocycles. The van der Waals surface area contributed by atoms with E-state index in [0.717, 1.165) is 108 Å². The number of hydrazine groups is 1. The Bertz CT molecular complexity index is 3040. The van der Waals surface area contributed by atoms with Crippen LogP contribution < -0.4 is 10.7 Å². The third-order valence-electron chi connectivity index (χ3n) is 18.1. The average molecular weight is 1120 g/mol. The molecule has 8 bridgehead atoms. The first-order chi connectivity index (χ1) is 38.8. The Morgan fingerprint density at radius 3 is 2.51 bits per heavy atom. The number of aromatic nitrogens is 3. The van der Waals surface area contributed by atoms with Crippen LogP contribution in [0.2, 0.25) is 0 Å². The van der Waals surface area contributed by atoms with Gasteiger partial charge in [0.25, 0.3) is 11.8 Å². The highest BCUT2D eigenvalue weighted by molar-refractivity contribution is 7.12. The van der Waals surface area contributed by atoms with Crippen molar-refractivity contribution in [1.29, 1.82) is 0 Å². The van der Waals surface area contributed by atoms with Crippen LogP contribution in [0.3, 0.4) is 0 Å². The number of benzene rings is 1. The lowest BCUT2D eigenvalue weighted by Gasteiger charge is -2.54. The third-order valence-corrected chi connectivity index (χ3v) is 19.0. The van der Waals surface area contributed by atoms with E-state index in [1.54, 1.807) is 12.1 Å². The van der Waals surface area contributed by atoms with Crippen LogP contribution in [0.1, 0.15) is 107 Å². The lowest BCUT2D eigenvalue weighted by Crippen LogP contribution is -2.71. The molecule has 2 amide bonds. The summed E-state index contributed by atoms with van der Waals surface area (Å²) in [6.45, 7) is 19.7. The number of carbonyl (C=O) groups excluding carboxylic acids is 3. The number of rotatable bonds is 11. The molecule has 6 saturated heterocycles. The first kappa shape index (κ1) is 55.4. The number of carbonyl (C=O) groups is 3. The van der Waals surface area contributed by atoms with Crippen molar-refractivity contribution in [2.45, 2.75) is 141 Å². The minimum Gasteiger partial charge on any atom is -0.465 e. The van der Waals surface area contributed by atoms with Crippen molar-refractivity contribution in [2.24, 2.45) is 17.3 Å². The lowest BCUT2D eigenvalue weighted by molar-refractivity contribution is -0.550. The number of thiazole rings is 1. The number of cyclic esters (lactones) is 1. The highest BCUT2D eigenvalue weighted by Crippen LogP contribution is 2.44. The first-order valence-corrected chi connectivity index (χ1v) is 30.4. The van der Waals surface area contributed by atoms with Gasteiger partial charge in [0, 0.05) is 122 Å².